The van der Waals surface area contributed by atoms with E-state index in [1.807, 2.05) is 6.07 Å². The second-order valence-electron chi connectivity index (χ2n) is 3.97. The Bertz CT molecular complexity index is 477. The third-order valence-corrected chi connectivity index (χ3v) is 2.68. The van der Waals surface area contributed by atoms with E-state index in [-0.39, 0.29) is 0 Å². The molecule has 0 saturated carbocycles. The second-order valence-corrected chi connectivity index (χ2v) is 3.97. The number of rotatable bonds is 4. The van der Waals surface area contributed by atoms with Gasteiger partial charge in [0.05, 0.1) is 5.52 Å². The average molecular weight is 214 g/mol. The van der Waals surface area contributed by atoms with Crippen LogP contribution >= 0.6 is 0 Å². The van der Waals surface area contributed by atoms with E-state index in [1.54, 1.807) is 0 Å². The van der Waals surface area contributed by atoms with Gasteiger partial charge in [-0.05, 0) is 31.0 Å². The predicted molar refractivity (Wildman–Crippen MR) is 69.9 cm³/mol. The van der Waals surface area contributed by atoms with Crippen molar-refractivity contribution in [2.45, 2.75) is 26.7 Å². The van der Waals surface area contributed by atoms with Crippen LogP contribution in [0.15, 0.2) is 30.3 Å². The molecule has 1 aromatic carbocycles. The third-order valence-electron chi connectivity index (χ3n) is 2.68. The molecule has 0 atom stereocenters. The first-order valence-electron chi connectivity index (χ1n) is 5.97. The van der Waals surface area contributed by atoms with Gasteiger partial charge in [0, 0.05) is 11.9 Å². The minimum Gasteiger partial charge on any atom is -0.370 e. The second kappa shape index (κ2) is 4.97. The Balaban J connectivity index is 2.50. The molecule has 0 aliphatic rings. The fraction of sp³-hybridized carbons (Fsp3) is 0.357. The van der Waals surface area contributed by atoms with Crippen molar-refractivity contribution in [3.05, 3.63) is 35.9 Å². The number of para-hydroxylation sites is 1. The zero-order valence-electron chi connectivity index (χ0n) is 9.96. The third kappa shape index (κ3) is 2.16. The number of benzene rings is 1. The normalized spacial score (nSPS) is 10.6. The van der Waals surface area contributed by atoms with Crippen molar-refractivity contribution in [1.29, 1.82) is 0 Å². The number of fused-ring (bicyclic) bond motifs is 1. The number of pyridine rings is 1. The molecular formula is C14H18N2. The highest BCUT2D eigenvalue weighted by Gasteiger charge is 2.02. The van der Waals surface area contributed by atoms with E-state index in [4.69, 9.17) is 0 Å². The first-order valence-corrected chi connectivity index (χ1v) is 5.97. The van der Waals surface area contributed by atoms with Crippen LogP contribution in [0.5, 0.6) is 0 Å². The van der Waals surface area contributed by atoms with E-state index in [2.05, 4.69) is 48.4 Å². The van der Waals surface area contributed by atoms with Gasteiger partial charge >= 0.3 is 0 Å². The molecule has 0 aliphatic heterocycles. The Morgan fingerprint density at radius 3 is 2.75 bits per heavy atom. The molecule has 0 fully saturated rings. The maximum Gasteiger partial charge on any atom is 0.126 e. The van der Waals surface area contributed by atoms with Crippen molar-refractivity contribution in [3.63, 3.8) is 0 Å². The summed E-state index contributed by atoms with van der Waals surface area (Å²) in [6.07, 6.45) is 2.26. The summed E-state index contributed by atoms with van der Waals surface area (Å²) >= 11 is 0. The SMILES string of the molecule is CCCc1cccc2ccc(NCC)nc12. The van der Waals surface area contributed by atoms with Gasteiger partial charge in [0.2, 0.25) is 0 Å². The number of anilines is 1. The number of hydrogen-bond acceptors (Lipinski definition) is 2. The van der Waals surface area contributed by atoms with Gasteiger partial charge < -0.3 is 5.32 Å². The number of hydrogen-bond donors (Lipinski definition) is 1. The van der Waals surface area contributed by atoms with Crippen molar-refractivity contribution in [2.24, 2.45) is 0 Å². The Hall–Kier alpha value is -1.57. The van der Waals surface area contributed by atoms with Crippen molar-refractivity contribution in [3.8, 4) is 0 Å². The lowest BCUT2D eigenvalue weighted by Crippen LogP contribution is -1.99. The van der Waals surface area contributed by atoms with Gasteiger partial charge in [0.15, 0.2) is 0 Å². The fourth-order valence-electron chi connectivity index (χ4n) is 1.96. The molecule has 0 spiro atoms. The molecule has 84 valence electrons. The van der Waals surface area contributed by atoms with E-state index in [0.29, 0.717) is 0 Å². The topological polar surface area (TPSA) is 24.9 Å². The summed E-state index contributed by atoms with van der Waals surface area (Å²) in [6, 6.07) is 10.6. The number of aryl methyl sites for hydroxylation is 1. The number of aromatic nitrogens is 1. The van der Waals surface area contributed by atoms with Gasteiger partial charge in [-0.15, -0.1) is 0 Å². The first kappa shape index (κ1) is 10.9. The molecule has 2 nitrogen and oxygen atoms in total. The summed E-state index contributed by atoms with van der Waals surface area (Å²) in [5.41, 5.74) is 2.49. The summed E-state index contributed by atoms with van der Waals surface area (Å²) in [5, 5.41) is 4.49. The Labute approximate surface area is 96.7 Å². The molecule has 0 saturated heterocycles. The zero-order valence-corrected chi connectivity index (χ0v) is 9.96. The standard InChI is InChI=1S/C14H18N2/c1-3-6-11-7-5-8-12-9-10-13(15-4-2)16-14(11)12/h5,7-10H,3-4,6H2,1-2H3,(H,15,16). The molecule has 0 amide bonds. The molecule has 2 heteroatoms. The van der Waals surface area contributed by atoms with Gasteiger partial charge in [-0.3, -0.25) is 0 Å². The van der Waals surface area contributed by atoms with Gasteiger partial charge in [0.25, 0.3) is 0 Å². The lowest BCUT2D eigenvalue weighted by atomic mass is 10.1. The Morgan fingerprint density at radius 2 is 2.00 bits per heavy atom. The van der Waals surface area contributed by atoms with Crippen LogP contribution in [-0.4, -0.2) is 11.5 Å². The van der Waals surface area contributed by atoms with Gasteiger partial charge in [-0.25, -0.2) is 4.98 Å². The summed E-state index contributed by atoms with van der Waals surface area (Å²) < 4.78 is 0. The van der Waals surface area contributed by atoms with Crippen LogP contribution in [0.3, 0.4) is 0 Å². The van der Waals surface area contributed by atoms with Gasteiger partial charge in [-0.2, -0.15) is 0 Å². The first-order chi connectivity index (χ1) is 7.85. The van der Waals surface area contributed by atoms with E-state index in [0.717, 1.165) is 30.7 Å². The molecule has 2 aromatic rings. The maximum atomic E-state index is 4.67. The van der Waals surface area contributed by atoms with Crippen LogP contribution in [0.1, 0.15) is 25.8 Å². The predicted octanol–water partition coefficient (Wildman–Crippen LogP) is 3.62. The summed E-state index contributed by atoms with van der Waals surface area (Å²) in [5.74, 6) is 0.971. The molecule has 0 unspecified atom stereocenters. The van der Waals surface area contributed by atoms with E-state index >= 15 is 0 Å². The van der Waals surface area contributed by atoms with Crippen LogP contribution in [-0.2, 0) is 6.42 Å². The van der Waals surface area contributed by atoms with Crippen molar-refractivity contribution in [1.82, 2.24) is 4.98 Å². The highest BCUT2D eigenvalue weighted by Crippen LogP contribution is 2.20. The molecule has 16 heavy (non-hydrogen) atoms. The van der Waals surface area contributed by atoms with E-state index < -0.39 is 0 Å². The summed E-state index contributed by atoms with van der Waals surface area (Å²) in [4.78, 5) is 4.67. The van der Waals surface area contributed by atoms with Crippen LogP contribution in [0.25, 0.3) is 10.9 Å². The van der Waals surface area contributed by atoms with Gasteiger partial charge in [0.1, 0.15) is 5.82 Å². The van der Waals surface area contributed by atoms with E-state index in [9.17, 15) is 0 Å². The monoisotopic (exact) mass is 214 g/mol. The van der Waals surface area contributed by atoms with E-state index in [1.165, 1.54) is 10.9 Å². The van der Waals surface area contributed by atoms with Crippen LogP contribution in [0.2, 0.25) is 0 Å². The smallest absolute Gasteiger partial charge is 0.126 e. The van der Waals surface area contributed by atoms with Crippen LogP contribution in [0, 0.1) is 0 Å². The molecule has 1 aromatic heterocycles. The lowest BCUT2D eigenvalue weighted by Gasteiger charge is -2.07. The minimum atomic E-state index is 0.911. The quantitative estimate of drug-likeness (QED) is 0.840. The molecule has 0 radical (unpaired) electrons. The highest BCUT2D eigenvalue weighted by molar-refractivity contribution is 5.83. The maximum absolute atomic E-state index is 4.67. The fourth-order valence-corrected chi connectivity index (χ4v) is 1.96. The Morgan fingerprint density at radius 1 is 1.12 bits per heavy atom. The number of nitrogens with zero attached hydrogens (tertiary/aromatic N) is 1. The lowest BCUT2D eigenvalue weighted by molar-refractivity contribution is 0.926. The average Bonchev–Trinajstić information content (AvgIpc) is 2.31. The van der Waals surface area contributed by atoms with Crippen molar-refractivity contribution < 1.29 is 0 Å². The molecule has 0 bridgehead atoms. The molecule has 1 heterocycles. The highest BCUT2D eigenvalue weighted by atomic mass is 15.0. The summed E-state index contributed by atoms with van der Waals surface area (Å²) in [6.45, 7) is 5.20. The summed E-state index contributed by atoms with van der Waals surface area (Å²) in [7, 11) is 0. The molecule has 0 aliphatic carbocycles. The largest absolute Gasteiger partial charge is 0.370 e. The molecule has 1 N–H and O–H groups in total. The van der Waals surface area contributed by atoms with Crippen molar-refractivity contribution >= 4 is 16.7 Å². The van der Waals surface area contributed by atoms with Crippen molar-refractivity contribution in [2.75, 3.05) is 11.9 Å². The molecule has 2 rings (SSSR count). The van der Waals surface area contributed by atoms with Crippen LogP contribution in [0.4, 0.5) is 5.82 Å². The Kier molecular flexibility index (Phi) is 3.40. The number of nitrogens with one attached hydrogen (secondary N) is 1. The molecular weight excluding hydrogens is 196 g/mol. The van der Waals surface area contributed by atoms with Crippen LogP contribution < -0.4 is 5.32 Å². The minimum absolute atomic E-state index is 0.911. The van der Waals surface area contributed by atoms with Gasteiger partial charge in [-0.1, -0.05) is 31.5 Å². The zero-order chi connectivity index (χ0) is 11.4.